The molecule has 6 nitrogen and oxygen atoms in total. The van der Waals surface area contributed by atoms with Crippen molar-refractivity contribution in [1.82, 2.24) is 9.80 Å². The van der Waals surface area contributed by atoms with E-state index in [9.17, 15) is 13.2 Å². The molecular weight excluding hydrogens is 338 g/mol. The monoisotopic (exact) mass is 365 g/mol. The van der Waals surface area contributed by atoms with Gasteiger partial charge in [-0.1, -0.05) is 19.4 Å². The molecule has 0 atom stereocenters. The van der Waals surface area contributed by atoms with Crippen LogP contribution in [0.2, 0.25) is 0 Å². The molecule has 0 radical (unpaired) electrons. The third-order valence-corrected chi connectivity index (χ3v) is 6.25. The molecule has 0 unspecified atom stereocenters. The van der Waals surface area contributed by atoms with Crippen molar-refractivity contribution in [2.75, 3.05) is 49.8 Å². The first-order valence-electron chi connectivity index (χ1n) is 9.02. The third-order valence-electron chi connectivity index (χ3n) is 5.07. The van der Waals surface area contributed by atoms with E-state index >= 15 is 0 Å². The molecule has 1 aromatic rings. The number of rotatable bonds is 5. The van der Waals surface area contributed by atoms with E-state index in [2.05, 4.69) is 11.8 Å². The zero-order valence-electron chi connectivity index (χ0n) is 15.1. The van der Waals surface area contributed by atoms with Gasteiger partial charge in [-0.2, -0.15) is 0 Å². The summed E-state index contributed by atoms with van der Waals surface area (Å²) in [7, 11) is -3.30. The lowest BCUT2D eigenvalue weighted by Crippen LogP contribution is -2.48. The molecule has 2 aliphatic heterocycles. The summed E-state index contributed by atoms with van der Waals surface area (Å²) in [5.41, 5.74) is 2.23. The molecule has 2 heterocycles. The Morgan fingerprint density at radius 3 is 2.48 bits per heavy atom. The van der Waals surface area contributed by atoms with Crippen molar-refractivity contribution in [3.8, 4) is 0 Å². The Morgan fingerprint density at radius 2 is 1.84 bits per heavy atom. The molecule has 0 aromatic heterocycles. The molecule has 138 valence electrons. The highest BCUT2D eigenvalue weighted by Gasteiger charge is 2.28. The van der Waals surface area contributed by atoms with Crippen LogP contribution in [0.4, 0.5) is 5.69 Å². The fraction of sp³-hybridized carbons (Fsp3) is 0.611. The average molecular weight is 365 g/mol. The maximum atomic E-state index is 12.8. The zero-order chi connectivity index (χ0) is 18.0. The van der Waals surface area contributed by atoms with Crippen LogP contribution < -0.4 is 4.31 Å². The molecule has 25 heavy (non-hydrogen) atoms. The van der Waals surface area contributed by atoms with Gasteiger partial charge in [-0.25, -0.2) is 8.42 Å². The van der Waals surface area contributed by atoms with Gasteiger partial charge in [0.1, 0.15) is 0 Å². The van der Waals surface area contributed by atoms with E-state index in [0.29, 0.717) is 24.2 Å². The predicted molar refractivity (Wildman–Crippen MR) is 99.6 cm³/mol. The molecule has 0 saturated carbocycles. The van der Waals surface area contributed by atoms with Crippen LogP contribution in [-0.4, -0.2) is 69.6 Å². The Labute approximate surface area is 150 Å². The van der Waals surface area contributed by atoms with Crippen LogP contribution >= 0.6 is 0 Å². The van der Waals surface area contributed by atoms with Gasteiger partial charge in [0.25, 0.3) is 5.91 Å². The minimum absolute atomic E-state index is 0.00158. The Hall–Kier alpha value is -1.60. The van der Waals surface area contributed by atoms with Gasteiger partial charge in [-0.15, -0.1) is 0 Å². The highest BCUT2D eigenvalue weighted by atomic mass is 32.2. The fourth-order valence-corrected chi connectivity index (χ4v) is 4.52. The van der Waals surface area contributed by atoms with Gasteiger partial charge in [0.05, 0.1) is 11.9 Å². The summed E-state index contributed by atoms with van der Waals surface area (Å²) in [5, 5.41) is 0. The minimum atomic E-state index is -3.30. The lowest BCUT2D eigenvalue weighted by atomic mass is 10.1. The molecule has 7 heteroatoms. The van der Waals surface area contributed by atoms with Gasteiger partial charge >= 0.3 is 0 Å². The Bertz CT molecular complexity index is 740. The first-order valence-corrected chi connectivity index (χ1v) is 10.9. The van der Waals surface area contributed by atoms with E-state index in [-0.39, 0.29) is 5.91 Å². The first kappa shape index (κ1) is 18.2. The average Bonchev–Trinajstić information content (AvgIpc) is 3.03. The van der Waals surface area contributed by atoms with Crippen LogP contribution in [0.15, 0.2) is 18.2 Å². The molecule has 1 aromatic carbocycles. The fourth-order valence-electron chi connectivity index (χ4n) is 3.57. The van der Waals surface area contributed by atoms with Gasteiger partial charge in [-0.3, -0.25) is 14.0 Å². The van der Waals surface area contributed by atoms with E-state index < -0.39 is 10.0 Å². The molecular formula is C18H27N3O3S. The number of nitrogens with zero attached hydrogens (tertiary/aromatic N) is 3. The second kappa shape index (κ2) is 7.33. The molecule has 1 saturated heterocycles. The van der Waals surface area contributed by atoms with Crippen molar-refractivity contribution in [3.05, 3.63) is 29.3 Å². The number of piperazine rings is 1. The molecule has 0 bridgehead atoms. The number of carbonyl (C=O) groups excluding carboxylic acids is 1. The first-order chi connectivity index (χ1) is 11.9. The Morgan fingerprint density at radius 1 is 1.12 bits per heavy atom. The van der Waals surface area contributed by atoms with Crippen molar-refractivity contribution in [2.45, 2.75) is 26.2 Å². The highest BCUT2D eigenvalue weighted by molar-refractivity contribution is 7.92. The van der Waals surface area contributed by atoms with Crippen molar-refractivity contribution in [3.63, 3.8) is 0 Å². The summed E-state index contributed by atoms with van der Waals surface area (Å²) in [6.07, 6.45) is 4.30. The molecule has 0 spiro atoms. The van der Waals surface area contributed by atoms with Crippen LogP contribution in [0.25, 0.3) is 0 Å². The van der Waals surface area contributed by atoms with Crippen molar-refractivity contribution in [2.24, 2.45) is 0 Å². The largest absolute Gasteiger partial charge is 0.336 e. The van der Waals surface area contributed by atoms with E-state index in [1.807, 2.05) is 17.0 Å². The summed E-state index contributed by atoms with van der Waals surface area (Å²) in [5.74, 6) is -0.00158. The summed E-state index contributed by atoms with van der Waals surface area (Å²) in [4.78, 5) is 17.1. The second-order valence-electron chi connectivity index (χ2n) is 6.92. The van der Waals surface area contributed by atoms with Gasteiger partial charge in [0.2, 0.25) is 10.0 Å². The molecule has 0 N–H and O–H groups in total. The van der Waals surface area contributed by atoms with Gasteiger partial charge in [0.15, 0.2) is 0 Å². The van der Waals surface area contributed by atoms with Gasteiger partial charge < -0.3 is 4.90 Å². The van der Waals surface area contributed by atoms with Crippen LogP contribution in [-0.2, 0) is 16.4 Å². The van der Waals surface area contributed by atoms with Crippen molar-refractivity contribution in [1.29, 1.82) is 0 Å². The third kappa shape index (κ3) is 3.98. The number of unbranched alkanes of at least 4 members (excludes halogenated alkanes) is 1. The number of carbonyl (C=O) groups is 1. The number of amides is 1. The predicted octanol–water partition coefficient (Wildman–Crippen LogP) is 1.57. The van der Waals surface area contributed by atoms with E-state index in [0.717, 1.165) is 38.3 Å². The summed E-state index contributed by atoms with van der Waals surface area (Å²) in [6, 6.07) is 5.47. The van der Waals surface area contributed by atoms with Gasteiger partial charge in [0, 0.05) is 38.3 Å². The number of hydrogen-bond donors (Lipinski definition) is 0. The number of benzene rings is 1. The van der Waals surface area contributed by atoms with Crippen LogP contribution in [0, 0.1) is 0 Å². The number of anilines is 1. The van der Waals surface area contributed by atoms with Crippen molar-refractivity contribution >= 4 is 21.6 Å². The summed E-state index contributed by atoms with van der Waals surface area (Å²) in [6.45, 7) is 7.03. The van der Waals surface area contributed by atoms with E-state index in [1.54, 1.807) is 6.07 Å². The van der Waals surface area contributed by atoms with Crippen LogP contribution in [0.1, 0.15) is 35.7 Å². The number of hydrogen-bond acceptors (Lipinski definition) is 4. The second-order valence-corrected chi connectivity index (χ2v) is 8.82. The SMILES string of the molecule is CCCCN1CCN(C(=O)c2ccc3c(c2)N(S(C)(=O)=O)CC3)CC1. The normalized spacial score (nSPS) is 18.5. The summed E-state index contributed by atoms with van der Waals surface area (Å²) >= 11 is 0. The van der Waals surface area contributed by atoms with Crippen molar-refractivity contribution < 1.29 is 13.2 Å². The van der Waals surface area contributed by atoms with E-state index in [1.165, 1.54) is 23.4 Å². The van der Waals surface area contributed by atoms with Crippen LogP contribution in [0.3, 0.4) is 0 Å². The maximum absolute atomic E-state index is 12.8. The van der Waals surface area contributed by atoms with Gasteiger partial charge in [-0.05, 0) is 37.1 Å². The zero-order valence-corrected chi connectivity index (χ0v) is 15.9. The summed E-state index contributed by atoms with van der Waals surface area (Å²) < 4.78 is 25.3. The Balaban J connectivity index is 1.70. The van der Waals surface area contributed by atoms with E-state index in [4.69, 9.17) is 0 Å². The lowest BCUT2D eigenvalue weighted by Gasteiger charge is -2.34. The standard InChI is InChI=1S/C18H27N3O3S/c1-3-4-8-19-10-12-20(13-11-19)18(22)16-6-5-15-7-9-21(17(15)14-16)25(2,23)24/h5-6,14H,3-4,7-13H2,1-2H3. The molecule has 1 fully saturated rings. The maximum Gasteiger partial charge on any atom is 0.254 e. The number of sulfonamides is 1. The molecule has 3 rings (SSSR count). The minimum Gasteiger partial charge on any atom is -0.336 e. The van der Waals surface area contributed by atoms with Crippen LogP contribution in [0.5, 0.6) is 0 Å². The Kier molecular flexibility index (Phi) is 5.34. The lowest BCUT2D eigenvalue weighted by molar-refractivity contribution is 0.0636. The smallest absolute Gasteiger partial charge is 0.254 e. The number of fused-ring (bicyclic) bond motifs is 1. The highest BCUT2D eigenvalue weighted by Crippen LogP contribution is 2.31. The topological polar surface area (TPSA) is 60.9 Å². The molecule has 2 aliphatic rings. The molecule has 1 amide bonds. The molecule has 0 aliphatic carbocycles. The quantitative estimate of drug-likeness (QED) is 0.795.